The summed E-state index contributed by atoms with van der Waals surface area (Å²) in [5.74, 6) is 0. The first kappa shape index (κ1) is 19.8. The molecule has 1 heterocycles. The van der Waals surface area contributed by atoms with Crippen molar-refractivity contribution in [3.05, 3.63) is 65.5 Å². The minimum absolute atomic E-state index is 0. The molecule has 0 bridgehead atoms. The Morgan fingerprint density at radius 3 is 2.45 bits per heavy atom. The summed E-state index contributed by atoms with van der Waals surface area (Å²) in [6, 6.07) is 10.4. The van der Waals surface area contributed by atoms with Crippen LogP contribution in [-0.2, 0) is 20.6 Å². The minimum Gasteiger partial charge on any atom is -1.00 e. The van der Waals surface area contributed by atoms with E-state index in [1.165, 1.54) is 10.8 Å². The predicted molar refractivity (Wildman–Crippen MR) is 84.0 cm³/mol. The molecule has 0 radical (unpaired) electrons. The minimum atomic E-state index is -1.81. The van der Waals surface area contributed by atoms with Crippen LogP contribution in [0.25, 0.3) is 10.9 Å². The second-order valence-electron chi connectivity index (χ2n) is 5.58. The van der Waals surface area contributed by atoms with Crippen LogP contribution >= 0.6 is 11.1 Å². The SMILES string of the molecule is C[Si](C)(Cl)C1=C[C]([Cr+2])(c2cccc3cccnc23)C=C1.[Cl-].[Cl-]. The van der Waals surface area contributed by atoms with Crippen molar-refractivity contribution in [2.45, 2.75) is 17.4 Å². The Hall–Kier alpha value is -0.271. The number of benzene rings is 1. The molecule has 0 aliphatic heterocycles. The first-order valence-electron chi connectivity index (χ1n) is 6.56. The fourth-order valence-electron chi connectivity index (χ4n) is 2.50. The summed E-state index contributed by atoms with van der Waals surface area (Å²) < 4.78 is -0.234. The molecule has 22 heavy (non-hydrogen) atoms. The molecule has 1 nitrogen and oxygen atoms in total. The number of fused-ring (bicyclic) bond motifs is 1. The second-order valence-corrected chi connectivity index (χ2v) is 13.0. The van der Waals surface area contributed by atoms with Gasteiger partial charge in [0.05, 0.1) is 0 Å². The molecule has 0 amide bonds. The van der Waals surface area contributed by atoms with Crippen LogP contribution in [0.1, 0.15) is 5.56 Å². The van der Waals surface area contributed by atoms with Crippen molar-refractivity contribution in [2.24, 2.45) is 0 Å². The zero-order valence-electron chi connectivity index (χ0n) is 12.2. The molecule has 0 saturated heterocycles. The van der Waals surface area contributed by atoms with Gasteiger partial charge in [0.15, 0.2) is 0 Å². The Morgan fingerprint density at radius 1 is 1.14 bits per heavy atom. The van der Waals surface area contributed by atoms with Crippen LogP contribution in [0.4, 0.5) is 0 Å². The third-order valence-electron chi connectivity index (χ3n) is 3.62. The number of rotatable bonds is 2. The summed E-state index contributed by atoms with van der Waals surface area (Å²) in [6.07, 6.45) is 8.47. The number of hydrogen-bond acceptors (Lipinski definition) is 1. The Balaban J connectivity index is 0.00000121. The average molecular weight is 408 g/mol. The molecule has 1 aliphatic rings. The summed E-state index contributed by atoms with van der Waals surface area (Å²) in [5, 5.41) is 2.43. The monoisotopic (exact) mass is 406 g/mol. The number of pyridine rings is 1. The summed E-state index contributed by atoms with van der Waals surface area (Å²) >= 11 is 9.89. The quantitative estimate of drug-likeness (QED) is 0.435. The predicted octanol–water partition coefficient (Wildman–Crippen LogP) is -1.54. The molecule has 0 fully saturated rings. The van der Waals surface area contributed by atoms with Crippen molar-refractivity contribution < 1.29 is 41.1 Å². The van der Waals surface area contributed by atoms with Crippen LogP contribution in [0, 0.1) is 0 Å². The van der Waals surface area contributed by atoms with E-state index in [2.05, 4.69) is 76.9 Å². The van der Waals surface area contributed by atoms with Crippen LogP contribution in [0.2, 0.25) is 13.1 Å². The van der Waals surface area contributed by atoms with E-state index in [-0.39, 0.29) is 29.1 Å². The Morgan fingerprint density at radius 2 is 1.82 bits per heavy atom. The van der Waals surface area contributed by atoms with Crippen LogP contribution in [-0.4, -0.2) is 12.4 Å². The smallest absolute Gasteiger partial charge is 1.00 e. The zero-order chi connectivity index (χ0) is 14.4. The number of halogens is 3. The van der Waals surface area contributed by atoms with Crippen molar-refractivity contribution in [3.63, 3.8) is 0 Å². The van der Waals surface area contributed by atoms with Crippen LogP contribution in [0.3, 0.4) is 0 Å². The molecular weight excluding hydrogens is 393 g/mol. The summed E-state index contributed by atoms with van der Waals surface area (Å²) in [4.78, 5) is 4.55. The van der Waals surface area contributed by atoms with Gasteiger partial charge < -0.3 is 24.8 Å². The van der Waals surface area contributed by atoms with Gasteiger partial charge in [-0.05, 0) is 0 Å². The summed E-state index contributed by atoms with van der Waals surface area (Å²) in [5.41, 5.74) is 2.24. The standard InChI is InChI=1S/C16H15ClNSi.2ClH.Cr/c1-19(2,17)14-9-8-13(11-14)15-7-3-5-12-6-4-10-18-16(12)15;;;/h3-11H,1-2H3;2*1H;/q;;;+2/p-2. The molecule has 6 heteroatoms. The Labute approximate surface area is 157 Å². The Kier molecular flexibility index (Phi) is 6.38. The second kappa shape index (κ2) is 7.09. The molecule has 1 aromatic heterocycles. The van der Waals surface area contributed by atoms with Gasteiger partial charge in [-0.25, -0.2) is 0 Å². The third-order valence-corrected chi connectivity index (χ3v) is 6.70. The fraction of sp³-hybridized carbons (Fsp3) is 0.188. The van der Waals surface area contributed by atoms with E-state index >= 15 is 0 Å². The van der Waals surface area contributed by atoms with Gasteiger partial charge in [-0.3, -0.25) is 0 Å². The van der Waals surface area contributed by atoms with E-state index in [0.29, 0.717) is 0 Å². The van der Waals surface area contributed by atoms with E-state index < -0.39 is 7.38 Å². The van der Waals surface area contributed by atoms with Crippen LogP contribution in [0.15, 0.2) is 60.0 Å². The van der Waals surface area contributed by atoms with E-state index in [4.69, 9.17) is 11.1 Å². The maximum absolute atomic E-state index is 6.56. The van der Waals surface area contributed by atoms with Gasteiger partial charge in [-0.15, -0.1) is 0 Å². The van der Waals surface area contributed by atoms with E-state index in [9.17, 15) is 0 Å². The molecule has 1 atom stereocenters. The molecule has 3 rings (SSSR count). The van der Waals surface area contributed by atoms with Crippen molar-refractivity contribution in [1.29, 1.82) is 0 Å². The maximum atomic E-state index is 6.56. The topological polar surface area (TPSA) is 12.9 Å². The van der Waals surface area contributed by atoms with Crippen molar-refractivity contribution in [1.82, 2.24) is 4.98 Å². The molecule has 2 aromatic rings. The third kappa shape index (κ3) is 3.62. The van der Waals surface area contributed by atoms with Crippen molar-refractivity contribution >= 4 is 29.4 Å². The molecule has 115 valence electrons. The van der Waals surface area contributed by atoms with Gasteiger partial charge in [0.25, 0.3) is 0 Å². The van der Waals surface area contributed by atoms with Gasteiger partial charge >= 0.3 is 134 Å². The van der Waals surface area contributed by atoms with Crippen molar-refractivity contribution in [2.75, 3.05) is 0 Å². The van der Waals surface area contributed by atoms with Gasteiger partial charge in [-0.1, -0.05) is 0 Å². The molecule has 0 N–H and O–H groups in total. The van der Waals surface area contributed by atoms with Gasteiger partial charge in [0, 0.05) is 0 Å². The number of hydrogen-bond donors (Lipinski definition) is 0. The number of aromatic nitrogens is 1. The fourth-order valence-corrected chi connectivity index (χ4v) is 4.63. The van der Waals surface area contributed by atoms with Crippen LogP contribution < -0.4 is 24.8 Å². The van der Waals surface area contributed by atoms with Gasteiger partial charge in [-0.2, -0.15) is 0 Å². The van der Waals surface area contributed by atoms with E-state index in [1.807, 2.05) is 12.3 Å². The van der Waals surface area contributed by atoms with Crippen LogP contribution in [0.5, 0.6) is 0 Å². The number of para-hydroxylation sites is 1. The zero-order valence-corrected chi connectivity index (χ0v) is 16.7. The number of allylic oxidation sites excluding steroid dienone is 4. The molecule has 1 aromatic carbocycles. The summed E-state index contributed by atoms with van der Waals surface area (Å²) in [7, 11) is -1.81. The molecule has 1 unspecified atom stereocenters. The van der Waals surface area contributed by atoms with Gasteiger partial charge in [0.1, 0.15) is 0 Å². The summed E-state index contributed by atoms with van der Waals surface area (Å²) in [6.45, 7) is 4.30. The van der Waals surface area contributed by atoms with Crippen molar-refractivity contribution in [3.8, 4) is 0 Å². The molecule has 0 spiro atoms. The first-order valence-corrected chi connectivity index (χ1v) is 11.2. The maximum Gasteiger partial charge on any atom is -1.00 e. The molecule has 1 aliphatic carbocycles. The molecular formula is C16H15Cl3CrNSi. The normalized spacial score (nSPS) is 20.2. The first-order chi connectivity index (χ1) is 9.40. The van der Waals surface area contributed by atoms with E-state index in [1.54, 1.807) is 0 Å². The largest absolute Gasteiger partial charge is 1.00 e. The average Bonchev–Trinajstić information content (AvgIpc) is 2.82. The molecule has 0 saturated carbocycles. The number of nitrogens with zero attached hydrogens (tertiary/aromatic N) is 1. The van der Waals surface area contributed by atoms with E-state index in [0.717, 1.165) is 10.9 Å². The Bertz CT molecular complexity index is 734. The van der Waals surface area contributed by atoms with Gasteiger partial charge in [0.2, 0.25) is 0 Å².